The van der Waals surface area contributed by atoms with Crippen molar-refractivity contribution in [2.24, 2.45) is 50.2 Å². The number of hydrogen-bond acceptors (Lipinski definition) is 3. The Hall–Kier alpha value is -1.32. The fraction of sp³-hybridized carbons (Fsp3) is 0.875. The predicted molar refractivity (Wildman–Crippen MR) is 142 cm³/mol. The molecule has 4 saturated carbocycles. The first-order valence-electron chi connectivity index (χ1n) is 14.6. The van der Waals surface area contributed by atoms with Crippen molar-refractivity contribution < 1.29 is 19.4 Å². The minimum Gasteiger partial charge on any atom is -0.481 e. The Balaban J connectivity index is 1.59. The van der Waals surface area contributed by atoms with Crippen molar-refractivity contribution >= 4 is 11.9 Å². The number of allylic oxidation sites excluding steroid dienone is 1. The number of carbonyl (C=O) groups is 2. The molecule has 5 aliphatic carbocycles. The van der Waals surface area contributed by atoms with Crippen LogP contribution in [0.2, 0.25) is 0 Å². The van der Waals surface area contributed by atoms with Crippen molar-refractivity contribution in [1.29, 1.82) is 0 Å². The van der Waals surface area contributed by atoms with Crippen LogP contribution in [0.5, 0.6) is 0 Å². The van der Waals surface area contributed by atoms with E-state index in [0.717, 1.165) is 51.4 Å². The molecule has 0 amide bonds. The number of hydrogen-bond donors (Lipinski definition) is 1. The molecule has 4 nitrogen and oxygen atoms in total. The fourth-order valence-electron chi connectivity index (χ4n) is 11.0. The SMILES string of the molecule is CC(=O)O[C@@H]1CC[C@@]2(C)[C@H]3CC=C4[C@H]5CC(C)(C)CC[C@]5(C)CC[C@]4(C(=O)O)[C@@]3(C)CC[C@H]2C1(C)C. The Morgan fingerprint density at radius 2 is 1.56 bits per heavy atom. The average molecular weight is 499 g/mol. The van der Waals surface area contributed by atoms with Crippen molar-refractivity contribution in [3.63, 3.8) is 0 Å². The third kappa shape index (κ3) is 3.30. The van der Waals surface area contributed by atoms with Gasteiger partial charge in [0.2, 0.25) is 0 Å². The summed E-state index contributed by atoms with van der Waals surface area (Å²) in [5.74, 6) is 0.381. The minimum atomic E-state index is -0.752. The van der Waals surface area contributed by atoms with Crippen LogP contribution in [-0.2, 0) is 14.3 Å². The summed E-state index contributed by atoms with van der Waals surface area (Å²) < 4.78 is 5.85. The van der Waals surface area contributed by atoms with Crippen LogP contribution in [-0.4, -0.2) is 23.1 Å². The number of esters is 1. The van der Waals surface area contributed by atoms with Gasteiger partial charge in [0, 0.05) is 12.3 Å². The smallest absolute Gasteiger partial charge is 0.314 e. The van der Waals surface area contributed by atoms with Crippen molar-refractivity contribution in [2.75, 3.05) is 0 Å². The Morgan fingerprint density at radius 3 is 2.19 bits per heavy atom. The van der Waals surface area contributed by atoms with E-state index in [9.17, 15) is 14.7 Å². The Bertz CT molecular complexity index is 992. The summed E-state index contributed by atoms with van der Waals surface area (Å²) in [6.45, 7) is 18.1. The van der Waals surface area contributed by atoms with Crippen molar-refractivity contribution in [3.8, 4) is 0 Å². The maximum atomic E-state index is 13.6. The molecule has 0 aromatic carbocycles. The third-order valence-electron chi connectivity index (χ3n) is 13.1. The van der Waals surface area contributed by atoms with Crippen LogP contribution in [0.15, 0.2) is 11.6 Å². The first kappa shape index (κ1) is 26.3. The molecule has 0 bridgehead atoms. The van der Waals surface area contributed by atoms with Gasteiger partial charge in [0.25, 0.3) is 0 Å². The van der Waals surface area contributed by atoms with E-state index in [1.165, 1.54) is 25.3 Å². The first-order valence-corrected chi connectivity index (χ1v) is 14.6. The summed E-state index contributed by atoms with van der Waals surface area (Å²) in [5.41, 5.74) is 0.732. The molecule has 1 N–H and O–H groups in total. The summed E-state index contributed by atoms with van der Waals surface area (Å²) >= 11 is 0. The minimum absolute atomic E-state index is 0.0458. The van der Waals surface area contributed by atoms with E-state index in [1.54, 1.807) is 0 Å². The Labute approximate surface area is 219 Å². The molecular formula is C32H50O4. The lowest BCUT2D eigenvalue weighted by Gasteiger charge is -2.70. The predicted octanol–water partition coefficient (Wildman–Crippen LogP) is 7.80. The number of ether oxygens (including phenoxy) is 1. The molecule has 5 aliphatic rings. The molecule has 0 spiro atoms. The highest BCUT2D eigenvalue weighted by molar-refractivity contribution is 5.81. The molecule has 5 rings (SSSR count). The Morgan fingerprint density at radius 1 is 0.889 bits per heavy atom. The highest BCUT2D eigenvalue weighted by atomic mass is 16.5. The van der Waals surface area contributed by atoms with Gasteiger partial charge < -0.3 is 9.84 Å². The molecule has 0 aromatic rings. The molecule has 202 valence electrons. The quantitative estimate of drug-likeness (QED) is 0.311. The maximum absolute atomic E-state index is 13.6. The van der Waals surface area contributed by atoms with Crippen LogP contribution in [0.1, 0.15) is 120 Å². The standard InChI is InChI=1S/C32H50O4/c1-20(33)36-25-12-13-30(7)23(28(25,4)5)11-14-31(8)24(30)10-9-21-22-19-27(2,3)15-16-29(22,6)17-18-32(21,31)26(34)35/h9,22-25H,10-19H2,1-8H3,(H,34,35)/t22-,23+,24-,25-,29-,30-,31+,32+/m1/s1. The number of fused-ring (bicyclic) bond motifs is 7. The second-order valence-corrected chi connectivity index (χ2v) is 15.7. The third-order valence-corrected chi connectivity index (χ3v) is 13.1. The van der Waals surface area contributed by atoms with E-state index >= 15 is 0 Å². The lowest BCUT2D eigenvalue weighted by molar-refractivity contribution is -0.219. The van der Waals surface area contributed by atoms with Gasteiger partial charge in [-0.15, -0.1) is 0 Å². The molecule has 0 heterocycles. The van der Waals surface area contributed by atoms with Gasteiger partial charge in [-0.25, -0.2) is 0 Å². The fourth-order valence-corrected chi connectivity index (χ4v) is 11.0. The van der Waals surface area contributed by atoms with E-state index in [1.807, 2.05) is 0 Å². The summed E-state index contributed by atoms with van der Waals surface area (Å²) in [6, 6.07) is 0. The molecular weight excluding hydrogens is 448 g/mol. The highest BCUT2D eigenvalue weighted by Crippen LogP contribution is 2.76. The highest BCUT2D eigenvalue weighted by Gasteiger charge is 2.71. The van der Waals surface area contributed by atoms with Gasteiger partial charge in [0.15, 0.2) is 0 Å². The number of carboxylic acids is 1. The summed E-state index contributed by atoms with van der Waals surface area (Å²) in [7, 11) is 0. The number of carbonyl (C=O) groups excluding carboxylic acids is 1. The van der Waals surface area contributed by atoms with Gasteiger partial charge in [-0.05, 0) is 104 Å². The number of aliphatic carboxylic acids is 1. The first-order chi connectivity index (χ1) is 16.5. The molecule has 0 aliphatic heterocycles. The number of rotatable bonds is 2. The zero-order chi connectivity index (χ0) is 26.5. The second kappa shape index (κ2) is 7.85. The van der Waals surface area contributed by atoms with Crippen molar-refractivity contribution in [1.82, 2.24) is 0 Å². The van der Waals surface area contributed by atoms with Crippen LogP contribution < -0.4 is 0 Å². The topological polar surface area (TPSA) is 63.6 Å². The maximum Gasteiger partial charge on any atom is 0.314 e. The number of carboxylic acid groups (broad SMARTS) is 1. The van der Waals surface area contributed by atoms with Gasteiger partial charge in [0.05, 0.1) is 5.41 Å². The van der Waals surface area contributed by atoms with Gasteiger partial charge >= 0.3 is 11.9 Å². The van der Waals surface area contributed by atoms with E-state index in [-0.39, 0.29) is 39.1 Å². The molecule has 0 unspecified atom stereocenters. The monoisotopic (exact) mass is 498 g/mol. The summed E-state index contributed by atoms with van der Waals surface area (Å²) in [5, 5.41) is 11.2. The van der Waals surface area contributed by atoms with E-state index < -0.39 is 11.4 Å². The average Bonchev–Trinajstić information content (AvgIpc) is 2.75. The van der Waals surface area contributed by atoms with Crippen molar-refractivity contribution in [3.05, 3.63) is 11.6 Å². The largest absolute Gasteiger partial charge is 0.481 e. The lowest BCUT2D eigenvalue weighted by atomic mass is 9.33. The summed E-state index contributed by atoms with van der Waals surface area (Å²) in [4.78, 5) is 25.5. The van der Waals surface area contributed by atoms with E-state index in [4.69, 9.17) is 4.74 Å². The zero-order valence-electron chi connectivity index (χ0n) is 24.1. The van der Waals surface area contributed by atoms with Crippen LogP contribution >= 0.6 is 0 Å². The molecule has 4 fully saturated rings. The van der Waals surface area contributed by atoms with Gasteiger partial charge in [-0.2, -0.15) is 0 Å². The van der Waals surface area contributed by atoms with Crippen LogP contribution in [0.25, 0.3) is 0 Å². The molecule has 0 saturated heterocycles. The molecule has 4 heteroatoms. The summed E-state index contributed by atoms with van der Waals surface area (Å²) in [6.07, 6.45) is 12.6. The normalized spacial score (nSPS) is 48.8. The molecule has 0 aromatic heterocycles. The van der Waals surface area contributed by atoms with Gasteiger partial charge in [-0.1, -0.05) is 60.1 Å². The lowest BCUT2D eigenvalue weighted by Crippen LogP contribution is -2.67. The molecule has 0 radical (unpaired) electrons. The second-order valence-electron chi connectivity index (χ2n) is 15.7. The zero-order valence-corrected chi connectivity index (χ0v) is 24.1. The molecule has 36 heavy (non-hydrogen) atoms. The van der Waals surface area contributed by atoms with Crippen LogP contribution in [0.4, 0.5) is 0 Å². The van der Waals surface area contributed by atoms with Gasteiger partial charge in [-0.3, -0.25) is 9.59 Å². The molecule has 8 atom stereocenters. The van der Waals surface area contributed by atoms with E-state index in [2.05, 4.69) is 54.5 Å². The van der Waals surface area contributed by atoms with Crippen LogP contribution in [0.3, 0.4) is 0 Å². The van der Waals surface area contributed by atoms with E-state index in [0.29, 0.717) is 17.8 Å². The van der Waals surface area contributed by atoms with Crippen LogP contribution in [0, 0.1) is 50.2 Å². The Kier molecular flexibility index (Phi) is 5.74. The van der Waals surface area contributed by atoms with Gasteiger partial charge in [0.1, 0.15) is 6.10 Å². The van der Waals surface area contributed by atoms with Crippen molar-refractivity contribution in [2.45, 2.75) is 126 Å².